The van der Waals surface area contributed by atoms with Crippen molar-refractivity contribution in [1.29, 1.82) is 0 Å². The van der Waals surface area contributed by atoms with Gasteiger partial charge in [0.2, 0.25) is 0 Å². The summed E-state index contributed by atoms with van der Waals surface area (Å²) in [5.41, 5.74) is 3.28. The zero-order valence-electron chi connectivity index (χ0n) is 9.71. The van der Waals surface area contributed by atoms with Crippen molar-refractivity contribution in [1.82, 2.24) is 0 Å². The van der Waals surface area contributed by atoms with Crippen LogP contribution in [-0.2, 0) is 15.3 Å². The number of hydrogen-bond acceptors (Lipinski definition) is 2. The highest BCUT2D eigenvalue weighted by atomic mass is 35.5. The maximum atomic E-state index is 6.01. The average molecular weight is 239 g/mol. The van der Waals surface area contributed by atoms with Crippen molar-refractivity contribution >= 4 is 11.6 Å². The monoisotopic (exact) mass is 238 g/mol. The Labute approximate surface area is 101 Å². The van der Waals surface area contributed by atoms with Crippen LogP contribution in [0, 0.1) is 13.8 Å². The molecule has 86 valence electrons. The fourth-order valence-corrected chi connectivity index (χ4v) is 2.14. The summed E-state index contributed by atoms with van der Waals surface area (Å²) in [4.78, 5) is 0. The zero-order valence-corrected chi connectivity index (χ0v) is 10.5. The van der Waals surface area contributed by atoms with Gasteiger partial charge in [-0.15, -0.1) is 11.6 Å². The van der Waals surface area contributed by atoms with Gasteiger partial charge in [0, 0.05) is 5.56 Å². The topological polar surface area (TPSA) is 18.5 Å². The highest BCUT2D eigenvalue weighted by molar-refractivity contribution is 6.18. The zero-order chi connectivity index (χ0) is 11.8. The van der Waals surface area contributed by atoms with E-state index in [0.29, 0.717) is 0 Å². The summed E-state index contributed by atoms with van der Waals surface area (Å²) in [6.45, 7) is 5.93. The molecule has 0 aromatic heterocycles. The second-order valence-corrected chi connectivity index (χ2v) is 4.42. The van der Waals surface area contributed by atoms with Crippen LogP contribution in [0.2, 0.25) is 0 Å². The molecule has 1 aromatic carbocycles. The van der Waals surface area contributed by atoms with E-state index in [9.17, 15) is 0 Å². The molecule has 1 heterocycles. The average Bonchev–Trinajstić information content (AvgIpc) is 2.65. The van der Waals surface area contributed by atoms with E-state index in [-0.39, 0.29) is 5.88 Å². The highest BCUT2D eigenvalue weighted by Crippen LogP contribution is 2.38. The van der Waals surface area contributed by atoms with Crippen LogP contribution in [0.15, 0.2) is 30.2 Å². The first-order chi connectivity index (χ1) is 7.57. The van der Waals surface area contributed by atoms with Gasteiger partial charge >= 0.3 is 0 Å². The molecule has 1 aliphatic rings. The molecule has 1 atom stereocenters. The van der Waals surface area contributed by atoms with Gasteiger partial charge in [0.15, 0.2) is 0 Å². The standard InChI is InChI=1S/C13H15ClO2/c1-9-4-5-10(2)12(6-9)13(8-14)15-7-11(3)16-13/h4-7H,8H2,1-3H3. The second-order valence-electron chi connectivity index (χ2n) is 4.15. The van der Waals surface area contributed by atoms with Gasteiger partial charge in [-0.05, 0) is 32.4 Å². The van der Waals surface area contributed by atoms with E-state index in [2.05, 4.69) is 18.2 Å². The Kier molecular flexibility index (Phi) is 2.85. The fraction of sp³-hybridized carbons (Fsp3) is 0.385. The minimum Gasteiger partial charge on any atom is -0.451 e. The minimum absolute atomic E-state index is 0.269. The lowest BCUT2D eigenvalue weighted by Gasteiger charge is -2.28. The van der Waals surface area contributed by atoms with E-state index >= 15 is 0 Å². The normalized spacial score (nSPS) is 23.6. The van der Waals surface area contributed by atoms with Crippen LogP contribution in [0.3, 0.4) is 0 Å². The largest absolute Gasteiger partial charge is 0.451 e. The molecule has 3 heteroatoms. The molecule has 2 rings (SSSR count). The van der Waals surface area contributed by atoms with Crippen LogP contribution < -0.4 is 0 Å². The van der Waals surface area contributed by atoms with Crippen molar-refractivity contribution in [2.45, 2.75) is 26.6 Å². The maximum Gasteiger partial charge on any atom is 0.290 e. The summed E-state index contributed by atoms with van der Waals surface area (Å²) in [6.07, 6.45) is 1.62. The van der Waals surface area contributed by atoms with Gasteiger partial charge < -0.3 is 9.47 Å². The van der Waals surface area contributed by atoms with E-state index in [1.54, 1.807) is 6.26 Å². The van der Waals surface area contributed by atoms with Crippen molar-refractivity contribution in [3.05, 3.63) is 46.9 Å². The van der Waals surface area contributed by atoms with Gasteiger partial charge in [0.05, 0.1) is 0 Å². The third-order valence-corrected chi connectivity index (χ3v) is 3.07. The molecule has 1 aromatic rings. The SMILES string of the molecule is CC1=COC(CCl)(c2cc(C)ccc2C)O1. The summed E-state index contributed by atoms with van der Waals surface area (Å²) >= 11 is 6.01. The molecule has 0 saturated heterocycles. The van der Waals surface area contributed by atoms with Crippen molar-refractivity contribution < 1.29 is 9.47 Å². The van der Waals surface area contributed by atoms with Crippen LogP contribution in [0.5, 0.6) is 0 Å². The predicted molar refractivity (Wildman–Crippen MR) is 64.2 cm³/mol. The summed E-state index contributed by atoms with van der Waals surface area (Å²) in [7, 11) is 0. The number of ether oxygens (including phenoxy) is 2. The molecule has 0 N–H and O–H groups in total. The molecule has 0 amide bonds. The Morgan fingerprint density at radius 2 is 2.00 bits per heavy atom. The molecule has 0 fully saturated rings. The lowest BCUT2D eigenvalue weighted by atomic mass is 9.99. The summed E-state index contributed by atoms with van der Waals surface area (Å²) in [6, 6.07) is 6.18. The first kappa shape index (κ1) is 11.3. The molecule has 0 saturated carbocycles. The quantitative estimate of drug-likeness (QED) is 0.733. The Balaban J connectivity index is 2.45. The summed E-state index contributed by atoms with van der Waals surface area (Å²) < 4.78 is 11.3. The van der Waals surface area contributed by atoms with Crippen LogP contribution in [0.25, 0.3) is 0 Å². The third-order valence-electron chi connectivity index (χ3n) is 2.72. The molecule has 1 unspecified atom stereocenters. The van der Waals surface area contributed by atoms with Crippen molar-refractivity contribution in [3.8, 4) is 0 Å². The maximum absolute atomic E-state index is 6.01. The Morgan fingerprint density at radius 3 is 2.56 bits per heavy atom. The summed E-state index contributed by atoms with van der Waals surface area (Å²) in [5, 5.41) is 0. The number of halogens is 1. The van der Waals surface area contributed by atoms with Gasteiger partial charge in [-0.2, -0.15) is 0 Å². The number of benzene rings is 1. The van der Waals surface area contributed by atoms with Crippen molar-refractivity contribution in [3.63, 3.8) is 0 Å². The second kappa shape index (κ2) is 4.02. The molecule has 0 aliphatic carbocycles. The van der Waals surface area contributed by atoms with Gasteiger partial charge in [0.25, 0.3) is 5.79 Å². The minimum atomic E-state index is -0.845. The Hall–Kier alpha value is -1.15. The van der Waals surface area contributed by atoms with Gasteiger partial charge in [0.1, 0.15) is 17.9 Å². The Bertz CT molecular complexity index is 440. The molecule has 1 aliphatic heterocycles. The smallest absolute Gasteiger partial charge is 0.290 e. The lowest BCUT2D eigenvalue weighted by molar-refractivity contribution is -0.137. The van der Waals surface area contributed by atoms with E-state index in [1.807, 2.05) is 20.8 Å². The van der Waals surface area contributed by atoms with Crippen molar-refractivity contribution in [2.75, 3.05) is 5.88 Å². The number of aryl methyl sites for hydroxylation is 2. The number of alkyl halides is 1. The van der Waals surface area contributed by atoms with Gasteiger partial charge in [-0.3, -0.25) is 0 Å². The summed E-state index contributed by atoms with van der Waals surface area (Å²) in [5.74, 6) is 0.175. The number of hydrogen-bond donors (Lipinski definition) is 0. The predicted octanol–water partition coefficient (Wildman–Crippen LogP) is 3.60. The molecular weight excluding hydrogens is 224 g/mol. The molecule has 16 heavy (non-hydrogen) atoms. The van der Waals surface area contributed by atoms with E-state index in [1.165, 1.54) is 5.56 Å². The van der Waals surface area contributed by atoms with E-state index in [4.69, 9.17) is 21.1 Å². The fourth-order valence-electron chi connectivity index (χ4n) is 1.88. The van der Waals surface area contributed by atoms with Crippen LogP contribution in [-0.4, -0.2) is 5.88 Å². The number of rotatable bonds is 2. The van der Waals surface area contributed by atoms with Crippen LogP contribution >= 0.6 is 11.6 Å². The van der Waals surface area contributed by atoms with Gasteiger partial charge in [-0.1, -0.05) is 17.7 Å². The first-order valence-electron chi connectivity index (χ1n) is 5.25. The molecule has 2 nitrogen and oxygen atoms in total. The molecule has 0 bridgehead atoms. The van der Waals surface area contributed by atoms with Crippen molar-refractivity contribution in [2.24, 2.45) is 0 Å². The highest BCUT2D eigenvalue weighted by Gasteiger charge is 2.40. The van der Waals surface area contributed by atoms with Crippen LogP contribution in [0.1, 0.15) is 23.6 Å². The molecular formula is C13H15ClO2. The number of allylic oxidation sites excluding steroid dienone is 1. The molecule has 0 spiro atoms. The van der Waals surface area contributed by atoms with E-state index in [0.717, 1.165) is 16.9 Å². The van der Waals surface area contributed by atoms with Gasteiger partial charge in [-0.25, -0.2) is 0 Å². The molecule has 0 radical (unpaired) electrons. The van der Waals surface area contributed by atoms with Crippen LogP contribution in [0.4, 0.5) is 0 Å². The van der Waals surface area contributed by atoms with E-state index < -0.39 is 5.79 Å². The Morgan fingerprint density at radius 1 is 1.25 bits per heavy atom. The lowest BCUT2D eigenvalue weighted by Crippen LogP contribution is -2.30. The third kappa shape index (κ3) is 1.78. The first-order valence-corrected chi connectivity index (χ1v) is 5.78.